The van der Waals surface area contributed by atoms with Gasteiger partial charge in [-0.05, 0) is 29.8 Å². The molecule has 0 bridgehead atoms. The number of nitrogens with one attached hydrogen (secondary N) is 1. The number of aromatic amines is 1. The highest BCUT2D eigenvalue weighted by atomic mass is 32.1. The van der Waals surface area contributed by atoms with E-state index in [1.807, 2.05) is 24.3 Å². The van der Waals surface area contributed by atoms with Gasteiger partial charge in [-0.25, -0.2) is 0 Å². The molecule has 2 aromatic heterocycles. The Morgan fingerprint density at radius 1 is 1.26 bits per heavy atom. The van der Waals surface area contributed by atoms with Crippen LogP contribution in [-0.2, 0) is 6.54 Å². The second-order valence-corrected chi connectivity index (χ2v) is 5.27. The summed E-state index contributed by atoms with van der Waals surface area (Å²) in [5.41, 5.74) is 8.57. The Labute approximate surface area is 112 Å². The van der Waals surface area contributed by atoms with E-state index in [-0.39, 0.29) is 9.92 Å². The van der Waals surface area contributed by atoms with Crippen molar-refractivity contribution in [2.75, 3.05) is 0 Å². The van der Waals surface area contributed by atoms with Gasteiger partial charge in [-0.2, -0.15) is 0 Å². The molecule has 0 spiro atoms. The molecule has 19 heavy (non-hydrogen) atoms. The fourth-order valence-electron chi connectivity index (χ4n) is 2.01. The SMILES string of the molecule is NCc1ccc2[nH]c(-c3ccc([N+](=O)[O-])s3)cc2c1. The number of aromatic nitrogens is 1. The molecule has 0 unspecified atom stereocenters. The fraction of sp³-hybridized carbons (Fsp3) is 0.0769. The monoisotopic (exact) mass is 273 g/mol. The minimum absolute atomic E-state index is 0.149. The van der Waals surface area contributed by atoms with Gasteiger partial charge in [0.25, 0.3) is 0 Å². The second kappa shape index (κ2) is 4.49. The Bertz CT molecular complexity index is 760. The molecule has 1 aromatic carbocycles. The smallest absolute Gasteiger partial charge is 0.324 e. The number of nitro groups is 1. The molecule has 2 heterocycles. The molecule has 3 N–H and O–H groups in total. The molecule has 5 nitrogen and oxygen atoms in total. The van der Waals surface area contributed by atoms with Crippen LogP contribution in [0.2, 0.25) is 0 Å². The molecule has 0 radical (unpaired) electrons. The van der Waals surface area contributed by atoms with Crippen molar-refractivity contribution in [1.82, 2.24) is 4.98 Å². The largest absolute Gasteiger partial charge is 0.354 e. The van der Waals surface area contributed by atoms with Crippen LogP contribution in [0.1, 0.15) is 5.56 Å². The Balaban J connectivity index is 2.06. The molecular weight excluding hydrogens is 262 g/mol. The quantitative estimate of drug-likeness (QED) is 0.567. The maximum absolute atomic E-state index is 10.7. The third-order valence-corrected chi connectivity index (χ3v) is 4.03. The summed E-state index contributed by atoms with van der Waals surface area (Å²) in [5.74, 6) is 0. The van der Waals surface area contributed by atoms with Gasteiger partial charge in [0.2, 0.25) is 0 Å². The molecule has 3 rings (SSSR count). The van der Waals surface area contributed by atoms with Crippen molar-refractivity contribution < 1.29 is 4.92 Å². The van der Waals surface area contributed by atoms with Crippen LogP contribution in [0.4, 0.5) is 5.00 Å². The molecule has 0 atom stereocenters. The van der Waals surface area contributed by atoms with Crippen LogP contribution < -0.4 is 5.73 Å². The summed E-state index contributed by atoms with van der Waals surface area (Å²) in [4.78, 5) is 14.4. The minimum atomic E-state index is -0.372. The van der Waals surface area contributed by atoms with Gasteiger partial charge in [0.15, 0.2) is 0 Å². The lowest BCUT2D eigenvalue weighted by Gasteiger charge is -1.94. The van der Waals surface area contributed by atoms with Gasteiger partial charge < -0.3 is 10.7 Å². The van der Waals surface area contributed by atoms with Crippen LogP contribution in [0.3, 0.4) is 0 Å². The van der Waals surface area contributed by atoms with E-state index in [0.29, 0.717) is 6.54 Å². The van der Waals surface area contributed by atoms with E-state index in [1.54, 1.807) is 6.07 Å². The predicted octanol–water partition coefficient (Wildman–Crippen LogP) is 3.26. The number of nitrogens with two attached hydrogens (primary N) is 1. The van der Waals surface area contributed by atoms with Crippen molar-refractivity contribution in [2.24, 2.45) is 5.73 Å². The summed E-state index contributed by atoms with van der Waals surface area (Å²) in [6.07, 6.45) is 0. The molecule has 0 aliphatic carbocycles. The van der Waals surface area contributed by atoms with Gasteiger partial charge in [-0.1, -0.05) is 17.4 Å². The molecule has 3 aromatic rings. The molecule has 6 heteroatoms. The molecule has 0 saturated carbocycles. The Kier molecular flexibility index (Phi) is 2.81. The number of hydrogen-bond acceptors (Lipinski definition) is 4. The highest BCUT2D eigenvalue weighted by Crippen LogP contribution is 2.33. The molecule has 0 saturated heterocycles. The third kappa shape index (κ3) is 2.11. The van der Waals surface area contributed by atoms with Gasteiger partial charge in [0.1, 0.15) is 0 Å². The highest BCUT2D eigenvalue weighted by Gasteiger charge is 2.12. The van der Waals surface area contributed by atoms with Crippen molar-refractivity contribution in [2.45, 2.75) is 6.54 Å². The molecule has 0 aliphatic heterocycles. The van der Waals surface area contributed by atoms with Crippen molar-refractivity contribution in [3.8, 4) is 10.6 Å². The first kappa shape index (κ1) is 11.9. The molecular formula is C13H11N3O2S. The van der Waals surface area contributed by atoms with E-state index >= 15 is 0 Å². The van der Waals surface area contributed by atoms with Crippen LogP contribution in [0.5, 0.6) is 0 Å². The summed E-state index contributed by atoms with van der Waals surface area (Å²) in [7, 11) is 0. The molecule has 96 valence electrons. The maximum Gasteiger partial charge on any atom is 0.324 e. The zero-order valence-electron chi connectivity index (χ0n) is 9.92. The van der Waals surface area contributed by atoms with Crippen LogP contribution in [0, 0.1) is 10.1 Å². The molecule has 0 aliphatic rings. The van der Waals surface area contributed by atoms with Gasteiger partial charge in [-0.3, -0.25) is 10.1 Å². The summed E-state index contributed by atoms with van der Waals surface area (Å²) >= 11 is 1.16. The number of thiophene rings is 1. The Hall–Kier alpha value is -2.18. The van der Waals surface area contributed by atoms with Crippen molar-refractivity contribution >= 4 is 27.2 Å². The van der Waals surface area contributed by atoms with Crippen LogP contribution in [0.25, 0.3) is 21.5 Å². The topological polar surface area (TPSA) is 85.0 Å². The minimum Gasteiger partial charge on any atom is -0.354 e. The van der Waals surface area contributed by atoms with Crippen molar-refractivity contribution in [1.29, 1.82) is 0 Å². The summed E-state index contributed by atoms with van der Waals surface area (Å²) in [6.45, 7) is 0.501. The lowest BCUT2D eigenvalue weighted by atomic mass is 10.1. The first-order valence-electron chi connectivity index (χ1n) is 5.73. The number of H-pyrrole nitrogens is 1. The highest BCUT2D eigenvalue weighted by molar-refractivity contribution is 7.18. The number of nitrogens with zero attached hydrogens (tertiary/aromatic N) is 1. The second-order valence-electron chi connectivity index (χ2n) is 4.20. The summed E-state index contributed by atoms with van der Waals surface area (Å²) < 4.78 is 0. The van der Waals surface area contributed by atoms with Crippen LogP contribution in [0.15, 0.2) is 36.4 Å². The summed E-state index contributed by atoms with van der Waals surface area (Å²) in [6, 6.07) is 11.2. The molecule has 0 amide bonds. The van der Waals surface area contributed by atoms with Crippen molar-refractivity contribution in [3.63, 3.8) is 0 Å². The molecule has 0 fully saturated rings. The first-order chi connectivity index (χ1) is 9.17. The fourth-order valence-corrected chi connectivity index (χ4v) is 2.80. The lowest BCUT2D eigenvalue weighted by Crippen LogP contribution is -1.94. The Morgan fingerprint density at radius 3 is 2.79 bits per heavy atom. The number of benzene rings is 1. The maximum atomic E-state index is 10.7. The zero-order valence-corrected chi connectivity index (χ0v) is 10.7. The van der Waals surface area contributed by atoms with Gasteiger partial charge >= 0.3 is 5.00 Å². The van der Waals surface area contributed by atoms with E-state index in [9.17, 15) is 10.1 Å². The van der Waals surface area contributed by atoms with E-state index < -0.39 is 0 Å². The van der Waals surface area contributed by atoms with Gasteiger partial charge in [0, 0.05) is 23.5 Å². The zero-order chi connectivity index (χ0) is 13.4. The summed E-state index contributed by atoms with van der Waals surface area (Å²) in [5, 5.41) is 11.9. The average Bonchev–Trinajstić information content (AvgIpc) is 3.04. The van der Waals surface area contributed by atoms with Crippen LogP contribution >= 0.6 is 11.3 Å². The number of rotatable bonds is 3. The lowest BCUT2D eigenvalue weighted by molar-refractivity contribution is -0.380. The van der Waals surface area contributed by atoms with Gasteiger partial charge in [0.05, 0.1) is 15.5 Å². The van der Waals surface area contributed by atoms with E-state index in [0.717, 1.165) is 38.4 Å². The van der Waals surface area contributed by atoms with E-state index in [1.165, 1.54) is 6.07 Å². The third-order valence-electron chi connectivity index (χ3n) is 2.96. The number of fused-ring (bicyclic) bond motifs is 1. The van der Waals surface area contributed by atoms with Crippen molar-refractivity contribution in [3.05, 3.63) is 52.1 Å². The van der Waals surface area contributed by atoms with Crippen LogP contribution in [-0.4, -0.2) is 9.91 Å². The average molecular weight is 273 g/mol. The number of hydrogen-bond donors (Lipinski definition) is 2. The van der Waals surface area contributed by atoms with E-state index in [2.05, 4.69) is 4.98 Å². The normalized spacial score (nSPS) is 11.0. The van der Waals surface area contributed by atoms with E-state index in [4.69, 9.17) is 5.73 Å². The predicted molar refractivity (Wildman–Crippen MR) is 76.2 cm³/mol. The Morgan fingerprint density at radius 2 is 2.11 bits per heavy atom. The standard InChI is InChI=1S/C13H11N3O2S/c14-7-8-1-2-10-9(5-8)6-11(15-10)12-3-4-13(19-12)16(17)18/h1-6,15H,7,14H2. The van der Waals surface area contributed by atoms with Gasteiger partial charge in [-0.15, -0.1) is 0 Å². The first-order valence-corrected chi connectivity index (χ1v) is 6.55.